The van der Waals surface area contributed by atoms with Crippen molar-refractivity contribution in [3.05, 3.63) is 5.69 Å². The average Bonchev–Trinajstić information content (AvgIpc) is 2.15. The van der Waals surface area contributed by atoms with Gasteiger partial charge in [-0.1, -0.05) is 0 Å². The molecule has 56 valence electrons. The van der Waals surface area contributed by atoms with Crippen LogP contribution in [-0.4, -0.2) is 27.7 Å². The summed E-state index contributed by atoms with van der Waals surface area (Å²) < 4.78 is 7.87. The molecule has 0 aromatic carbocycles. The Balaban J connectivity index is 2.65. The van der Waals surface area contributed by atoms with E-state index in [1.165, 1.54) is 0 Å². The lowest BCUT2D eigenvalue weighted by Crippen LogP contribution is -2.12. The summed E-state index contributed by atoms with van der Waals surface area (Å²) in [4.78, 5) is 2.01. The van der Waals surface area contributed by atoms with E-state index in [-0.39, 0.29) is 0 Å². The standard InChI is InChI=1S/C5H10N4S/c1-9(2)3-4-5(6)8-10-7-4/h3H2,1-2H3,(H2,6,8). The monoisotopic (exact) mass is 158 g/mol. The van der Waals surface area contributed by atoms with Crippen molar-refractivity contribution in [1.82, 2.24) is 13.6 Å². The van der Waals surface area contributed by atoms with Crippen molar-refractivity contribution < 1.29 is 0 Å². The Morgan fingerprint density at radius 2 is 2.20 bits per heavy atom. The quantitative estimate of drug-likeness (QED) is 0.667. The fraction of sp³-hybridized carbons (Fsp3) is 0.600. The van der Waals surface area contributed by atoms with Crippen LogP contribution in [0.5, 0.6) is 0 Å². The second-order valence-electron chi connectivity index (χ2n) is 2.33. The minimum atomic E-state index is 0.554. The van der Waals surface area contributed by atoms with Gasteiger partial charge in [-0.2, -0.15) is 8.75 Å². The highest BCUT2D eigenvalue weighted by molar-refractivity contribution is 6.99. The Kier molecular flexibility index (Phi) is 2.18. The number of nitrogens with zero attached hydrogens (tertiary/aromatic N) is 3. The van der Waals surface area contributed by atoms with Gasteiger partial charge in [-0.3, -0.25) is 0 Å². The summed E-state index contributed by atoms with van der Waals surface area (Å²) in [6.07, 6.45) is 0. The lowest BCUT2D eigenvalue weighted by molar-refractivity contribution is 0.399. The Hall–Kier alpha value is -0.680. The third-order valence-electron chi connectivity index (χ3n) is 1.05. The summed E-state index contributed by atoms with van der Waals surface area (Å²) >= 11 is 1.16. The van der Waals surface area contributed by atoms with Crippen molar-refractivity contribution in [2.45, 2.75) is 6.54 Å². The lowest BCUT2D eigenvalue weighted by Gasteiger charge is -2.05. The fourth-order valence-electron chi connectivity index (χ4n) is 0.623. The average molecular weight is 158 g/mol. The van der Waals surface area contributed by atoms with Crippen LogP contribution in [0, 0.1) is 0 Å². The third-order valence-corrected chi connectivity index (χ3v) is 1.63. The SMILES string of the molecule is CN(C)Cc1nsnc1N. The number of hydrogen-bond acceptors (Lipinski definition) is 5. The first-order valence-corrected chi connectivity index (χ1v) is 3.65. The molecular weight excluding hydrogens is 148 g/mol. The molecule has 0 aliphatic heterocycles. The minimum absolute atomic E-state index is 0.554. The lowest BCUT2D eigenvalue weighted by atomic mass is 10.4. The van der Waals surface area contributed by atoms with Crippen molar-refractivity contribution in [2.75, 3.05) is 19.8 Å². The molecule has 0 saturated carbocycles. The highest BCUT2D eigenvalue weighted by Gasteiger charge is 2.03. The largest absolute Gasteiger partial charge is 0.381 e. The second kappa shape index (κ2) is 2.94. The van der Waals surface area contributed by atoms with E-state index in [0.717, 1.165) is 24.0 Å². The number of nitrogen functional groups attached to an aromatic ring is 1. The van der Waals surface area contributed by atoms with E-state index in [2.05, 4.69) is 8.75 Å². The predicted molar refractivity (Wildman–Crippen MR) is 41.7 cm³/mol. The molecule has 4 nitrogen and oxygen atoms in total. The van der Waals surface area contributed by atoms with Crippen molar-refractivity contribution in [3.63, 3.8) is 0 Å². The van der Waals surface area contributed by atoms with Crippen LogP contribution >= 0.6 is 11.7 Å². The number of hydrogen-bond donors (Lipinski definition) is 1. The van der Waals surface area contributed by atoms with Crippen LogP contribution in [0.15, 0.2) is 0 Å². The van der Waals surface area contributed by atoms with E-state index in [9.17, 15) is 0 Å². The van der Waals surface area contributed by atoms with Crippen molar-refractivity contribution >= 4 is 17.5 Å². The molecule has 1 aromatic rings. The zero-order valence-electron chi connectivity index (χ0n) is 6.03. The normalized spacial score (nSPS) is 10.7. The van der Waals surface area contributed by atoms with Crippen LogP contribution < -0.4 is 5.73 Å². The zero-order chi connectivity index (χ0) is 7.56. The van der Waals surface area contributed by atoms with Crippen LogP contribution in [0.25, 0.3) is 0 Å². The molecular formula is C5H10N4S. The number of nitrogens with two attached hydrogens (primary N) is 1. The maximum Gasteiger partial charge on any atom is 0.162 e. The van der Waals surface area contributed by atoms with Gasteiger partial charge in [-0.25, -0.2) is 0 Å². The van der Waals surface area contributed by atoms with Gasteiger partial charge < -0.3 is 10.6 Å². The summed E-state index contributed by atoms with van der Waals surface area (Å²) in [5.41, 5.74) is 6.37. The Labute approximate surface area is 64.0 Å². The second-order valence-corrected chi connectivity index (χ2v) is 2.86. The number of aromatic nitrogens is 2. The van der Waals surface area contributed by atoms with Crippen LogP contribution in [0.4, 0.5) is 5.82 Å². The van der Waals surface area contributed by atoms with Crippen LogP contribution in [-0.2, 0) is 6.54 Å². The molecule has 0 unspecified atom stereocenters. The van der Waals surface area contributed by atoms with Gasteiger partial charge in [-0.05, 0) is 14.1 Å². The summed E-state index contributed by atoms with van der Waals surface area (Å²) in [5, 5.41) is 0. The van der Waals surface area contributed by atoms with Crippen LogP contribution in [0.3, 0.4) is 0 Å². The first-order chi connectivity index (χ1) is 4.70. The topological polar surface area (TPSA) is 55.0 Å². The summed E-state index contributed by atoms with van der Waals surface area (Å²) in [6, 6.07) is 0. The van der Waals surface area contributed by atoms with E-state index < -0.39 is 0 Å². The van der Waals surface area contributed by atoms with Gasteiger partial charge in [0.05, 0.1) is 11.7 Å². The molecule has 1 rings (SSSR count). The van der Waals surface area contributed by atoms with E-state index in [0.29, 0.717) is 5.82 Å². The molecule has 5 heteroatoms. The molecule has 0 atom stereocenters. The molecule has 0 radical (unpaired) electrons. The van der Waals surface area contributed by atoms with Crippen molar-refractivity contribution in [3.8, 4) is 0 Å². The molecule has 10 heavy (non-hydrogen) atoms. The molecule has 0 saturated heterocycles. The summed E-state index contributed by atoms with van der Waals surface area (Å²) in [6.45, 7) is 0.766. The number of rotatable bonds is 2. The van der Waals surface area contributed by atoms with Gasteiger partial charge in [0.1, 0.15) is 5.69 Å². The van der Waals surface area contributed by atoms with Gasteiger partial charge >= 0.3 is 0 Å². The molecule has 0 spiro atoms. The first-order valence-electron chi connectivity index (χ1n) is 2.92. The molecule has 0 aliphatic carbocycles. The van der Waals surface area contributed by atoms with Crippen molar-refractivity contribution in [1.29, 1.82) is 0 Å². The fourth-order valence-corrected chi connectivity index (χ4v) is 1.11. The maximum atomic E-state index is 5.50. The Bertz CT molecular complexity index is 207. The molecule has 0 amide bonds. The van der Waals surface area contributed by atoms with Gasteiger partial charge in [-0.15, -0.1) is 0 Å². The minimum Gasteiger partial charge on any atom is -0.381 e. The Morgan fingerprint density at radius 1 is 1.50 bits per heavy atom. The highest BCUT2D eigenvalue weighted by atomic mass is 32.1. The third kappa shape index (κ3) is 1.65. The van der Waals surface area contributed by atoms with Gasteiger partial charge in [0, 0.05) is 6.54 Å². The predicted octanol–water partition coefficient (Wildman–Crippen LogP) is 0.182. The Morgan fingerprint density at radius 3 is 2.60 bits per heavy atom. The highest BCUT2D eigenvalue weighted by Crippen LogP contribution is 2.08. The first kappa shape index (κ1) is 7.43. The molecule has 1 aromatic heterocycles. The van der Waals surface area contributed by atoms with Gasteiger partial charge in [0.15, 0.2) is 5.82 Å². The molecule has 0 bridgehead atoms. The summed E-state index contributed by atoms with van der Waals surface area (Å²) in [7, 11) is 3.94. The van der Waals surface area contributed by atoms with Crippen LogP contribution in [0.2, 0.25) is 0 Å². The smallest absolute Gasteiger partial charge is 0.162 e. The van der Waals surface area contributed by atoms with E-state index in [1.54, 1.807) is 0 Å². The molecule has 0 fully saturated rings. The van der Waals surface area contributed by atoms with E-state index in [1.807, 2.05) is 19.0 Å². The van der Waals surface area contributed by atoms with Gasteiger partial charge in [0.2, 0.25) is 0 Å². The van der Waals surface area contributed by atoms with Crippen LogP contribution in [0.1, 0.15) is 5.69 Å². The van der Waals surface area contributed by atoms with E-state index in [4.69, 9.17) is 5.73 Å². The zero-order valence-corrected chi connectivity index (χ0v) is 6.85. The molecule has 0 aliphatic rings. The summed E-state index contributed by atoms with van der Waals surface area (Å²) in [5.74, 6) is 0.554. The molecule has 2 N–H and O–H groups in total. The van der Waals surface area contributed by atoms with Gasteiger partial charge in [0.25, 0.3) is 0 Å². The maximum absolute atomic E-state index is 5.50. The van der Waals surface area contributed by atoms with Crippen molar-refractivity contribution in [2.24, 2.45) is 0 Å². The molecule has 1 heterocycles. The van der Waals surface area contributed by atoms with E-state index >= 15 is 0 Å². The number of anilines is 1.